The van der Waals surface area contributed by atoms with Crippen LogP contribution in [-0.2, 0) is 6.54 Å². The topological polar surface area (TPSA) is 76.4 Å². The molecule has 6 nitrogen and oxygen atoms in total. The lowest BCUT2D eigenvalue weighted by molar-refractivity contribution is 0.0947. The summed E-state index contributed by atoms with van der Waals surface area (Å²) < 4.78 is 10.4. The smallest absolute Gasteiger partial charge is 0.253 e. The fourth-order valence-electron chi connectivity index (χ4n) is 2.18. The van der Waals surface area contributed by atoms with E-state index in [0.29, 0.717) is 23.6 Å². The molecule has 0 saturated carbocycles. The van der Waals surface area contributed by atoms with E-state index >= 15 is 0 Å². The summed E-state index contributed by atoms with van der Waals surface area (Å²) in [5.41, 5.74) is 2.03. The zero-order valence-corrected chi connectivity index (χ0v) is 13.2. The number of benzene rings is 1. The van der Waals surface area contributed by atoms with Crippen molar-refractivity contribution >= 4 is 17.3 Å². The molecule has 1 aromatic carbocycles. The second-order valence-electron chi connectivity index (χ2n) is 5.08. The van der Waals surface area contributed by atoms with Gasteiger partial charge in [0.1, 0.15) is 11.5 Å². The van der Waals surface area contributed by atoms with Gasteiger partial charge in [-0.2, -0.15) is 0 Å². The first-order valence-electron chi connectivity index (χ1n) is 7.41. The van der Waals surface area contributed by atoms with Crippen molar-refractivity contribution in [3.63, 3.8) is 0 Å². The summed E-state index contributed by atoms with van der Waals surface area (Å²) in [7, 11) is 1.62. The van der Waals surface area contributed by atoms with E-state index in [9.17, 15) is 4.79 Å². The second kappa shape index (κ2) is 7.32. The maximum atomic E-state index is 12.2. The summed E-state index contributed by atoms with van der Waals surface area (Å²) in [5, 5.41) is 5.99. The van der Waals surface area contributed by atoms with E-state index in [-0.39, 0.29) is 5.91 Å². The molecule has 6 heteroatoms. The molecule has 0 aliphatic rings. The van der Waals surface area contributed by atoms with Crippen LogP contribution in [0.2, 0.25) is 0 Å². The Morgan fingerprint density at radius 1 is 1.17 bits per heavy atom. The molecule has 0 spiro atoms. The van der Waals surface area contributed by atoms with Crippen LogP contribution in [0.4, 0.5) is 11.4 Å². The Kier molecular flexibility index (Phi) is 4.76. The van der Waals surface area contributed by atoms with Gasteiger partial charge < -0.3 is 19.8 Å². The Morgan fingerprint density at radius 2 is 2.08 bits per heavy atom. The number of amides is 1. The minimum absolute atomic E-state index is 0.215. The number of hydrogen-bond acceptors (Lipinski definition) is 5. The van der Waals surface area contributed by atoms with E-state index in [1.165, 1.54) is 6.20 Å². The summed E-state index contributed by atoms with van der Waals surface area (Å²) in [6.45, 7) is 0.333. The zero-order valence-electron chi connectivity index (χ0n) is 13.2. The van der Waals surface area contributed by atoms with Crippen molar-refractivity contribution in [3.8, 4) is 5.75 Å². The molecule has 0 aliphatic carbocycles. The van der Waals surface area contributed by atoms with Crippen LogP contribution in [0.3, 0.4) is 0 Å². The fourth-order valence-corrected chi connectivity index (χ4v) is 2.18. The third-order valence-electron chi connectivity index (χ3n) is 3.36. The number of anilines is 2. The van der Waals surface area contributed by atoms with Gasteiger partial charge in [0.2, 0.25) is 0 Å². The van der Waals surface area contributed by atoms with Gasteiger partial charge in [0, 0.05) is 18.0 Å². The Balaban J connectivity index is 1.67. The van der Waals surface area contributed by atoms with Crippen molar-refractivity contribution in [2.75, 3.05) is 12.4 Å². The maximum Gasteiger partial charge on any atom is 0.253 e. The number of pyridine rings is 1. The number of furan rings is 1. The third kappa shape index (κ3) is 3.92. The monoisotopic (exact) mass is 323 g/mol. The lowest BCUT2D eigenvalue weighted by atomic mass is 10.2. The number of rotatable bonds is 6. The molecular formula is C18H17N3O3. The fraction of sp³-hybridized carbons (Fsp3) is 0.111. The molecule has 0 bridgehead atoms. The Labute approximate surface area is 139 Å². The molecule has 2 aromatic heterocycles. The van der Waals surface area contributed by atoms with Gasteiger partial charge in [-0.3, -0.25) is 9.78 Å². The quantitative estimate of drug-likeness (QED) is 0.727. The number of carbonyl (C=O) groups excluding carboxylic acids is 1. The number of methoxy groups -OCH3 is 1. The standard InChI is InChI=1S/C18H17N3O3/c1-23-16-5-2-4-14(9-16)21-15-8-13(10-19-11-15)18(22)20-12-17-6-3-7-24-17/h2-11,21H,12H2,1H3,(H,20,22). The van der Waals surface area contributed by atoms with Crippen molar-refractivity contribution in [1.29, 1.82) is 0 Å². The van der Waals surface area contributed by atoms with Gasteiger partial charge in [-0.1, -0.05) is 6.07 Å². The van der Waals surface area contributed by atoms with Crippen LogP contribution < -0.4 is 15.4 Å². The molecule has 0 fully saturated rings. The van der Waals surface area contributed by atoms with E-state index in [1.54, 1.807) is 37.8 Å². The molecule has 122 valence electrons. The summed E-state index contributed by atoms with van der Waals surface area (Å²) >= 11 is 0. The van der Waals surface area contributed by atoms with Crippen LogP contribution in [0.15, 0.2) is 65.5 Å². The highest BCUT2D eigenvalue weighted by Gasteiger charge is 2.08. The van der Waals surface area contributed by atoms with Gasteiger partial charge in [-0.15, -0.1) is 0 Å². The molecule has 2 N–H and O–H groups in total. The van der Waals surface area contributed by atoms with Crippen LogP contribution >= 0.6 is 0 Å². The van der Waals surface area contributed by atoms with Gasteiger partial charge in [0.15, 0.2) is 0 Å². The molecule has 1 amide bonds. The van der Waals surface area contributed by atoms with Crippen LogP contribution in [-0.4, -0.2) is 18.0 Å². The van der Waals surface area contributed by atoms with Crippen molar-refractivity contribution in [3.05, 3.63) is 72.4 Å². The zero-order chi connectivity index (χ0) is 16.8. The van der Waals surface area contributed by atoms with Crippen LogP contribution in [0.25, 0.3) is 0 Å². The Bertz CT molecular complexity index is 816. The highest BCUT2D eigenvalue weighted by Crippen LogP contribution is 2.21. The van der Waals surface area contributed by atoms with Gasteiger partial charge in [0.05, 0.1) is 37.4 Å². The second-order valence-corrected chi connectivity index (χ2v) is 5.08. The van der Waals surface area contributed by atoms with Gasteiger partial charge in [-0.25, -0.2) is 0 Å². The number of ether oxygens (including phenoxy) is 1. The summed E-state index contributed by atoms with van der Waals surface area (Å²) in [6, 6.07) is 12.8. The molecule has 2 heterocycles. The Morgan fingerprint density at radius 3 is 2.88 bits per heavy atom. The van der Waals surface area contributed by atoms with Gasteiger partial charge >= 0.3 is 0 Å². The molecule has 24 heavy (non-hydrogen) atoms. The molecule has 3 aromatic rings. The van der Waals surface area contributed by atoms with E-state index in [1.807, 2.05) is 24.3 Å². The predicted octanol–water partition coefficient (Wildman–Crippen LogP) is 3.36. The maximum absolute atomic E-state index is 12.2. The highest BCUT2D eigenvalue weighted by molar-refractivity contribution is 5.94. The Hall–Kier alpha value is -3.28. The highest BCUT2D eigenvalue weighted by atomic mass is 16.5. The molecule has 0 unspecified atom stereocenters. The number of hydrogen-bond donors (Lipinski definition) is 2. The first-order valence-corrected chi connectivity index (χ1v) is 7.41. The largest absolute Gasteiger partial charge is 0.497 e. The van der Waals surface area contributed by atoms with Crippen molar-refractivity contribution in [1.82, 2.24) is 10.3 Å². The van der Waals surface area contributed by atoms with Crippen molar-refractivity contribution in [2.24, 2.45) is 0 Å². The number of aromatic nitrogens is 1. The molecule has 0 saturated heterocycles. The first kappa shape index (κ1) is 15.6. The molecular weight excluding hydrogens is 306 g/mol. The number of nitrogens with one attached hydrogen (secondary N) is 2. The van der Waals surface area contributed by atoms with Crippen LogP contribution in [0, 0.1) is 0 Å². The van der Waals surface area contributed by atoms with E-state index in [2.05, 4.69) is 15.6 Å². The van der Waals surface area contributed by atoms with Gasteiger partial charge in [-0.05, 0) is 30.3 Å². The first-order chi connectivity index (χ1) is 11.7. The average Bonchev–Trinajstić information content (AvgIpc) is 3.13. The van der Waals surface area contributed by atoms with E-state index in [0.717, 1.165) is 11.4 Å². The molecule has 0 aliphatic heterocycles. The van der Waals surface area contributed by atoms with E-state index in [4.69, 9.17) is 9.15 Å². The van der Waals surface area contributed by atoms with Crippen LogP contribution in [0.1, 0.15) is 16.1 Å². The summed E-state index contributed by atoms with van der Waals surface area (Å²) in [5.74, 6) is 1.23. The molecule has 3 rings (SSSR count). The molecule has 0 atom stereocenters. The lowest BCUT2D eigenvalue weighted by Crippen LogP contribution is -2.22. The predicted molar refractivity (Wildman–Crippen MR) is 90.4 cm³/mol. The number of carbonyl (C=O) groups is 1. The molecule has 0 radical (unpaired) electrons. The van der Waals surface area contributed by atoms with Crippen LogP contribution in [0.5, 0.6) is 5.75 Å². The van der Waals surface area contributed by atoms with Crippen molar-refractivity contribution in [2.45, 2.75) is 6.54 Å². The summed E-state index contributed by atoms with van der Waals surface area (Å²) in [6.07, 6.45) is 4.75. The minimum Gasteiger partial charge on any atom is -0.497 e. The SMILES string of the molecule is COc1cccc(Nc2cncc(C(=O)NCc3ccco3)c2)c1. The summed E-state index contributed by atoms with van der Waals surface area (Å²) in [4.78, 5) is 16.3. The third-order valence-corrected chi connectivity index (χ3v) is 3.36. The van der Waals surface area contributed by atoms with Crippen molar-refractivity contribution < 1.29 is 13.9 Å². The lowest BCUT2D eigenvalue weighted by Gasteiger charge is -2.09. The average molecular weight is 323 g/mol. The number of nitrogens with zero attached hydrogens (tertiary/aromatic N) is 1. The van der Waals surface area contributed by atoms with Gasteiger partial charge in [0.25, 0.3) is 5.91 Å². The minimum atomic E-state index is -0.215. The van der Waals surface area contributed by atoms with E-state index < -0.39 is 0 Å². The normalized spacial score (nSPS) is 10.2.